The second kappa shape index (κ2) is 6.58. The number of aryl methyl sites for hydroxylation is 1. The molecule has 0 unspecified atom stereocenters. The number of benzene rings is 1. The van der Waals surface area contributed by atoms with Crippen molar-refractivity contribution in [2.45, 2.75) is 53.4 Å². The quantitative estimate of drug-likeness (QED) is 0.650. The SMILES string of the molecule is CCCC(CCC)C(=O)c1cccc(C)c1C. The lowest BCUT2D eigenvalue weighted by molar-refractivity contribution is 0.0904. The highest BCUT2D eigenvalue weighted by molar-refractivity contribution is 5.99. The number of ketones is 1. The van der Waals surface area contributed by atoms with Crippen LogP contribution in [-0.2, 0) is 0 Å². The zero-order valence-corrected chi connectivity index (χ0v) is 11.5. The predicted octanol–water partition coefficient (Wildman–Crippen LogP) is 4.70. The Kier molecular flexibility index (Phi) is 5.40. The van der Waals surface area contributed by atoms with Gasteiger partial charge < -0.3 is 0 Å². The predicted molar refractivity (Wildman–Crippen MR) is 73.6 cm³/mol. The minimum absolute atomic E-state index is 0.213. The highest BCUT2D eigenvalue weighted by Crippen LogP contribution is 2.22. The third kappa shape index (κ3) is 3.42. The van der Waals surface area contributed by atoms with E-state index in [0.29, 0.717) is 5.78 Å². The van der Waals surface area contributed by atoms with Crippen LogP contribution in [0.2, 0.25) is 0 Å². The number of hydrogen-bond donors (Lipinski definition) is 0. The highest BCUT2D eigenvalue weighted by Gasteiger charge is 2.20. The van der Waals surface area contributed by atoms with Crippen molar-refractivity contribution in [2.24, 2.45) is 5.92 Å². The van der Waals surface area contributed by atoms with E-state index < -0.39 is 0 Å². The Morgan fingerprint density at radius 2 is 1.71 bits per heavy atom. The van der Waals surface area contributed by atoms with Crippen molar-refractivity contribution in [3.8, 4) is 0 Å². The van der Waals surface area contributed by atoms with Gasteiger partial charge in [0.05, 0.1) is 0 Å². The van der Waals surface area contributed by atoms with Gasteiger partial charge in [0.1, 0.15) is 0 Å². The Balaban J connectivity index is 2.96. The summed E-state index contributed by atoms with van der Waals surface area (Å²) in [7, 11) is 0. The van der Waals surface area contributed by atoms with Crippen molar-refractivity contribution in [2.75, 3.05) is 0 Å². The monoisotopic (exact) mass is 232 g/mol. The molecule has 0 aliphatic heterocycles. The molecule has 1 heteroatoms. The Morgan fingerprint density at radius 3 is 2.24 bits per heavy atom. The average molecular weight is 232 g/mol. The maximum atomic E-state index is 12.5. The van der Waals surface area contributed by atoms with Gasteiger partial charge in [0.25, 0.3) is 0 Å². The number of rotatable bonds is 6. The molecular formula is C16H24O. The first-order valence-corrected chi connectivity index (χ1v) is 6.72. The second-order valence-corrected chi connectivity index (χ2v) is 4.89. The number of carbonyl (C=O) groups excluding carboxylic acids is 1. The van der Waals surface area contributed by atoms with E-state index in [1.54, 1.807) is 0 Å². The number of carbonyl (C=O) groups is 1. The van der Waals surface area contributed by atoms with Crippen molar-refractivity contribution >= 4 is 5.78 Å². The third-order valence-electron chi connectivity index (χ3n) is 3.52. The molecule has 0 bridgehead atoms. The van der Waals surface area contributed by atoms with E-state index in [-0.39, 0.29) is 5.92 Å². The fraction of sp³-hybridized carbons (Fsp3) is 0.562. The molecule has 0 heterocycles. The molecule has 1 aromatic carbocycles. The van der Waals surface area contributed by atoms with Gasteiger partial charge in [0.15, 0.2) is 5.78 Å². The summed E-state index contributed by atoms with van der Waals surface area (Å²) in [6, 6.07) is 6.04. The molecule has 0 atom stereocenters. The molecule has 1 aromatic rings. The van der Waals surface area contributed by atoms with Gasteiger partial charge in [-0.25, -0.2) is 0 Å². The van der Waals surface area contributed by atoms with E-state index in [1.807, 2.05) is 12.1 Å². The van der Waals surface area contributed by atoms with Crippen LogP contribution in [-0.4, -0.2) is 5.78 Å². The molecule has 0 N–H and O–H groups in total. The van der Waals surface area contributed by atoms with Crippen molar-refractivity contribution in [3.63, 3.8) is 0 Å². The van der Waals surface area contributed by atoms with Gasteiger partial charge in [0.2, 0.25) is 0 Å². The van der Waals surface area contributed by atoms with E-state index in [4.69, 9.17) is 0 Å². The van der Waals surface area contributed by atoms with Gasteiger partial charge in [-0.2, -0.15) is 0 Å². The summed E-state index contributed by atoms with van der Waals surface area (Å²) in [4.78, 5) is 12.5. The molecule has 0 aromatic heterocycles. The summed E-state index contributed by atoms with van der Waals surface area (Å²) in [6.07, 6.45) is 4.20. The van der Waals surface area contributed by atoms with Crippen molar-refractivity contribution < 1.29 is 4.79 Å². The molecule has 0 spiro atoms. The van der Waals surface area contributed by atoms with E-state index in [2.05, 4.69) is 33.8 Å². The third-order valence-corrected chi connectivity index (χ3v) is 3.52. The Labute approximate surface area is 105 Å². The molecule has 1 nitrogen and oxygen atoms in total. The van der Waals surface area contributed by atoms with Crippen molar-refractivity contribution in [1.82, 2.24) is 0 Å². The van der Waals surface area contributed by atoms with Crippen LogP contribution in [0, 0.1) is 19.8 Å². The molecule has 17 heavy (non-hydrogen) atoms. The van der Waals surface area contributed by atoms with Gasteiger partial charge in [0, 0.05) is 11.5 Å². The van der Waals surface area contributed by atoms with Crippen LogP contribution in [0.4, 0.5) is 0 Å². The molecule has 0 aliphatic carbocycles. The maximum absolute atomic E-state index is 12.5. The Hall–Kier alpha value is -1.11. The number of hydrogen-bond acceptors (Lipinski definition) is 1. The largest absolute Gasteiger partial charge is 0.294 e. The first-order chi connectivity index (χ1) is 8.11. The summed E-state index contributed by atoms with van der Waals surface area (Å²) in [5.41, 5.74) is 3.29. The summed E-state index contributed by atoms with van der Waals surface area (Å²) in [5, 5.41) is 0. The molecular weight excluding hydrogens is 208 g/mol. The van der Waals surface area contributed by atoms with E-state index in [9.17, 15) is 4.79 Å². The summed E-state index contributed by atoms with van der Waals surface area (Å²) < 4.78 is 0. The van der Waals surface area contributed by atoms with Crippen molar-refractivity contribution in [1.29, 1.82) is 0 Å². The van der Waals surface area contributed by atoms with E-state index in [1.165, 1.54) is 5.56 Å². The smallest absolute Gasteiger partial charge is 0.166 e. The first-order valence-electron chi connectivity index (χ1n) is 6.72. The first kappa shape index (κ1) is 14.0. The molecule has 1 rings (SSSR count). The van der Waals surface area contributed by atoms with Crippen LogP contribution in [0.25, 0.3) is 0 Å². The maximum Gasteiger partial charge on any atom is 0.166 e. The second-order valence-electron chi connectivity index (χ2n) is 4.89. The zero-order valence-electron chi connectivity index (χ0n) is 11.5. The van der Waals surface area contributed by atoms with Gasteiger partial charge >= 0.3 is 0 Å². The summed E-state index contributed by atoms with van der Waals surface area (Å²) in [5.74, 6) is 0.556. The minimum Gasteiger partial charge on any atom is -0.294 e. The van der Waals surface area contributed by atoms with Crippen LogP contribution in [0.5, 0.6) is 0 Å². The minimum atomic E-state index is 0.213. The Morgan fingerprint density at radius 1 is 1.12 bits per heavy atom. The standard InChI is InChI=1S/C16H24O/c1-5-8-14(9-6-2)16(17)15-11-7-10-12(3)13(15)4/h7,10-11,14H,5-6,8-9H2,1-4H3. The molecule has 0 aliphatic rings. The zero-order chi connectivity index (χ0) is 12.8. The average Bonchev–Trinajstić information content (AvgIpc) is 2.31. The van der Waals surface area contributed by atoms with Gasteiger partial charge in [-0.3, -0.25) is 4.79 Å². The lowest BCUT2D eigenvalue weighted by Gasteiger charge is -2.16. The molecule has 0 amide bonds. The van der Waals surface area contributed by atoms with E-state index >= 15 is 0 Å². The van der Waals surface area contributed by atoms with Crippen LogP contribution in [0.3, 0.4) is 0 Å². The Bertz CT molecular complexity index is 373. The van der Waals surface area contributed by atoms with Crippen LogP contribution in [0.1, 0.15) is 61.0 Å². The van der Waals surface area contributed by atoms with Crippen LogP contribution < -0.4 is 0 Å². The molecule has 0 fully saturated rings. The van der Waals surface area contributed by atoms with Crippen LogP contribution >= 0.6 is 0 Å². The number of Topliss-reactive ketones (excluding diaryl/α,β-unsaturated/α-hetero) is 1. The summed E-state index contributed by atoms with van der Waals surface area (Å²) >= 11 is 0. The molecule has 0 saturated heterocycles. The van der Waals surface area contributed by atoms with Gasteiger partial charge in [-0.1, -0.05) is 44.9 Å². The fourth-order valence-corrected chi connectivity index (χ4v) is 2.34. The van der Waals surface area contributed by atoms with Gasteiger partial charge in [-0.05, 0) is 37.8 Å². The molecule has 0 radical (unpaired) electrons. The normalized spacial score (nSPS) is 10.9. The van der Waals surface area contributed by atoms with E-state index in [0.717, 1.165) is 36.8 Å². The molecule has 0 saturated carbocycles. The fourth-order valence-electron chi connectivity index (χ4n) is 2.34. The van der Waals surface area contributed by atoms with Crippen LogP contribution in [0.15, 0.2) is 18.2 Å². The highest BCUT2D eigenvalue weighted by atomic mass is 16.1. The summed E-state index contributed by atoms with van der Waals surface area (Å²) in [6.45, 7) is 8.43. The lowest BCUT2D eigenvalue weighted by atomic mass is 9.87. The lowest BCUT2D eigenvalue weighted by Crippen LogP contribution is -2.16. The topological polar surface area (TPSA) is 17.1 Å². The molecule has 94 valence electrons. The van der Waals surface area contributed by atoms with Gasteiger partial charge in [-0.15, -0.1) is 0 Å². The van der Waals surface area contributed by atoms with Crippen molar-refractivity contribution in [3.05, 3.63) is 34.9 Å².